The molecule has 4 amide bonds. The molecule has 1 unspecified atom stereocenters. The Hall–Kier alpha value is -3.87. The van der Waals surface area contributed by atoms with E-state index in [4.69, 9.17) is 4.42 Å². The van der Waals surface area contributed by atoms with E-state index < -0.39 is 17.5 Å². The van der Waals surface area contributed by atoms with Gasteiger partial charge in [0.05, 0.1) is 6.54 Å². The van der Waals surface area contributed by atoms with Crippen LogP contribution in [0.15, 0.2) is 71.1 Å². The van der Waals surface area contributed by atoms with E-state index in [2.05, 4.69) is 10.6 Å². The molecule has 2 heterocycles. The van der Waals surface area contributed by atoms with E-state index in [0.717, 1.165) is 4.90 Å². The Balaban J connectivity index is 1.52. The molecule has 2 N–H and O–H groups in total. The Morgan fingerprint density at radius 1 is 1.07 bits per heavy atom. The van der Waals surface area contributed by atoms with Gasteiger partial charge < -0.3 is 15.1 Å². The van der Waals surface area contributed by atoms with Gasteiger partial charge in [0.2, 0.25) is 0 Å². The number of aryl methyl sites for hydroxylation is 1. The molecule has 0 saturated carbocycles. The lowest BCUT2D eigenvalue weighted by Crippen LogP contribution is -2.40. The van der Waals surface area contributed by atoms with E-state index in [-0.39, 0.29) is 12.5 Å². The fraction of sp³-hybridized carbons (Fsp3) is 0.174. The number of rotatable bonds is 5. The monoisotopic (exact) mass is 403 g/mol. The van der Waals surface area contributed by atoms with Crippen molar-refractivity contribution in [1.82, 2.24) is 10.2 Å². The first kappa shape index (κ1) is 19.4. The van der Waals surface area contributed by atoms with Crippen LogP contribution in [0.3, 0.4) is 0 Å². The maximum absolute atomic E-state index is 13.0. The largest absolute Gasteiger partial charge is 0.463 e. The van der Waals surface area contributed by atoms with Crippen LogP contribution in [0, 0.1) is 6.92 Å². The lowest BCUT2D eigenvalue weighted by Gasteiger charge is -2.19. The molecule has 4 rings (SSSR count). The summed E-state index contributed by atoms with van der Waals surface area (Å²) in [6.07, 6.45) is 0. The topological polar surface area (TPSA) is 91.7 Å². The highest BCUT2D eigenvalue weighted by Crippen LogP contribution is 2.31. The summed E-state index contributed by atoms with van der Waals surface area (Å²) in [6, 6.07) is 18.9. The minimum absolute atomic E-state index is 0.0480. The lowest BCUT2D eigenvalue weighted by atomic mass is 9.99. The van der Waals surface area contributed by atoms with Crippen molar-refractivity contribution in [1.29, 1.82) is 0 Å². The first-order chi connectivity index (χ1) is 14.4. The van der Waals surface area contributed by atoms with E-state index in [9.17, 15) is 14.4 Å². The fourth-order valence-electron chi connectivity index (χ4n) is 3.43. The number of amides is 4. The van der Waals surface area contributed by atoms with Crippen molar-refractivity contribution in [3.63, 3.8) is 0 Å². The van der Waals surface area contributed by atoms with Crippen LogP contribution in [0.1, 0.15) is 34.4 Å². The third-order valence-electron chi connectivity index (χ3n) is 5.07. The fourth-order valence-corrected chi connectivity index (χ4v) is 3.43. The number of nitrogens with zero attached hydrogens (tertiary/aromatic N) is 1. The van der Waals surface area contributed by atoms with Gasteiger partial charge in [0.25, 0.3) is 11.8 Å². The third-order valence-corrected chi connectivity index (χ3v) is 5.07. The van der Waals surface area contributed by atoms with Crippen LogP contribution in [0.2, 0.25) is 0 Å². The number of urea groups is 1. The SMILES string of the molecule is Cc1ccc(C2(C)NC(=O)N(Cc3cccc(C(=O)Nc4ccccc4)c3)C2=O)o1. The van der Waals surface area contributed by atoms with Crippen molar-refractivity contribution in [3.05, 3.63) is 89.4 Å². The van der Waals surface area contributed by atoms with Crippen molar-refractivity contribution in [2.24, 2.45) is 0 Å². The number of para-hydroxylation sites is 1. The predicted molar refractivity (Wildman–Crippen MR) is 111 cm³/mol. The quantitative estimate of drug-likeness (QED) is 0.634. The van der Waals surface area contributed by atoms with Crippen LogP contribution < -0.4 is 10.6 Å². The Morgan fingerprint density at radius 2 is 1.83 bits per heavy atom. The molecular weight excluding hydrogens is 382 g/mol. The third kappa shape index (κ3) is 3.57. The van der Waals surface area contributed by atoms with Crippen molar-refractivity contribution >= 4 is 23.5 Å². The first-order valence-electron chi connectivity index (χ1n) is 9.53. The number of carbonyl (C=O) groups excluding carboxylic acids is 3. The number of hydrogen-bond donors (Lipinski definition) is 2. The second-order valence-electron chi connectivity index (χ2n) is 7.38. The molecule has 1 aromatic heterocycles. The molecule has 0 aliphatic carbocycles. The Morgan fingerprint density at radius 3 is 2.53 bits per heavy atom. The smallest absolute Gasteiger partial charge is 0.325 e. The standard InChI is InChI=1S/C23H21N3O4/c1-15-11-12-19(30-15)23(2)21(28)26(22(29)25-23)14-16-7-6-8-17(13-16)20(27)24-18-9-4-3-5-10-18/h3-13H,14H2,1-2H3,(H,24,27)(H,25,29). The molecule has 152 valence electrons. The number of benzene rings is 2. The van der Waals surface area contributed by atoms with Gasteiger partial charge in [-0.05, 0) is 55.8 Å². The maximum Gasteiger partial charge on any atom is 0.325 e. The van der Waals surface area contributed by atoms with E-state index in [1.165, 1.54) is 0 Å². The molecule has 1 atom stereocenters. The summed E-state index contributed by atoms with van der Waals surface area (Å²) in [5.41, 5.74) is 0.534. The normalized spacial score (nSPS) is 18.4. The van der Waals surface area contributed by atoms with Crippen LogP contribution in [-0.2, 0) is 16.9 Å². The summed E-state index contributed by atoms with van der Waals surface area (Å²) in [7, 11) is 0. The maximum atomic E-state index is 13.0. The van der Waals surface area contributed by atoms with E-state index in [1.54, 1.807) is 62.4 Å². The lowest BCUT2D eigenvalue weighted by molar-refractivity contribution is -0.132. The van der Waals surface area contributed by atoms with Gasteiger partial charge in [0.1, 0.15) is 11.5 Å². The summed E-state index contributed by atoms with van der Waals surface area (Å²) in [5, 5.41) is 5.54. The molecule has 0 bridgehead atoms. The number of carbonyl (C=O) groups is 3. The Kier molecular flexibility index (Phi) is 4.87. The number of nitrogens with one attached hydrogen (secondary N) is 2. The van der Waals surface area contributed by atoms with Gasteiger partial charge in [-0.3, -0.25) is 14.5 Å². The molecule has 1 aliphatic rings. The highest BCUT2D eigenvalue weighted by atomic mass is 16.3. The molecule has 1 saturated heterocycles. The molecule has 30 heavy (non-hydrogen) atoms. The summed E-state index contributed by atoms with van der Waals surface area (Å²) in [4.78, 5) is 39.2. The van der Waals surface area contributed by atoms with Crippen molar-refractivity contribution in [3.8, 4) is 0 Å². The second-order valence-corrected chi connectivity index (χ2v) is 7.38. The minimum Gasteiger partial charge on any atom is -0.463 e. The van der Waals surface area contributed by atoms with Gasteiger partial charge in [0, 0.05) is 11.3 Å². The van der Waals surface area contributed by atoms with Crippen molar-refractivity contribution in [2.45, 2.75) is 25.9 Å². The van der Waals surface area contributed by atoms with E-state index in [0.29, 0.717) is 28.3 Å². The van der Waals surface area contributed by atoms with Crippen LogP contribution >= 0.6 is 0 Å². The van der Waals surface area contributed by atoms with Crippen LogP contribution in [-0.4, -0.2) is 22.7 Å². The zero-order valence-electron chi connectivity index (χ0n) is 16.6. The highest BCUT2D eigenvalue weighted by molar-refractivity contribution is 6.07. The highest BCUT2D eigenvalue weighted by Gasteiger charge is 2.51. The number of anilines is 1. The van der Waals surface area contributed by atoms with E-state index in [1.807, 2.05) is 18.2 Å². The molecule has 0 radical (unpaired) electrons. The molecule has 1 fully saturated rings. The number of imide groups is 1. The van der Waals surface area contributed by atoms with Gasteiger partial charge in [-0.25, -0.2) is 4.79 Å². The predicted octanol–water partition coefficient (Wildman–Crippen LogP) is 3.81. The molecule has 0 spiro atoms. The zero-order chi connectivity index (χ0) is 21.3. The molecule has 3 aromatic rings. The van der Waals surface area contributed by atoms with Crippen LogP contribution in [0.25, 0.3) is 0 Å². The van der Waals surface area contributed by atoms with Gasteiger partial charge in [-0.2, -0.15) is 0 Å². The molecule has 2 aromatic carbocycles. The summed E-state index contributed by atoms with van der Waals surface area (Å²) >= 11 is 0. The molecule has 7 heteroatoms. The van der Waals surface area contributed by atoms with Gasteiger partial charge in [-0.15, -0.1) is 0 Å². The average molecular weight is 403 g/mol. The van der Waals surface area contributed by atoms with Crippen LogP contribution in [0.5, 0.6) is 0 Å². The average Bonchev–Trinajstić information content (AvgIpc) is 3.27. The second kappa shape index (κ2) is 7.51. The number of furan rings is 1. The van der Waals surface area contributed by atoms with Crippen molar-refractivity contribution < 1.29 is 18.8 Å². The van der Waals surface area contributed by atoms with Gasteiger partial charge in [0.15, 0.2) is 5.54 Å². The minimum atomic E-state index is -1.26. The molecule has 1 aliphatic heterocycles. The molecule has 7 nitrogen and oxygen atoms in total. The summed E-state index contributed by atoms with van der Waals surface area (Å²) in [5.74, 6) is 0.373. The van der Waals surface area contributed by atoms with Crippen molar-refractivity contribution in [2.75, 3.05) is 5.32 Å². The van der Waals surface area contributed by atoms with Gasteiger partial charge in [-0.1, -0.05) is 30.3 Å². The first-order valence-corrected chi connectivity index (χ1v) is 9.53. The Bertz CT molecular complexity index is 1120. The molecular formula is C23H21N3O4. The van der Waals surface area contributed by atoms with E-state index >= 15 is 0 Å². The van der Waals surface area contributed by atoms with Crippen LogP contribution in [0.4, 0.5) is 10.5 Å². The van der Waals surface area contributed by atoms with Gasteiger partial charge >= 0.3 is 6.03 Å². The zero-order valence-corrected chi connectivity index (χ0v) is 16.6. The summed E-state index contributed by atoms with van der Waals surface area (Å²) in [6.45, 7) is 3.44. The summed E-state index contributed by atoms with van der Waals surface area (Å²) < 4.78 is 5.58. The Labute approximate surface area is 173 Å². The number of hydrogen-bond acceptors (Lipinski definition) is 4.